The van der Waals surface area contributed by atoms with E-state index in [-0.39, 0.29) is 11.7 Å². The van der Waals surface area contributed by atoms with Gasteiger partial charge >= 0.3 is 6.03 Å². The van der Waals surface area contributed by atoms with Gasteiger partial charge in [-0.05, 0) is 37.8 Å². The minimum atomic E-state index is -0.501. The normalized spacial score (nSPS) is 18.9. The molecule has 0 bridgehead atoms. The van der Waals surface area contributed by atoms with Gasteiger partial charge in [-0.3, -0.25) is 4.79 Å². The minimum Gasteiger partial charge on any atom is -0.352 e. The van der Waals surface area contributed by atoms with Crippen LogP contribution in [0.25, 0.3) is 0 Å². The van der Waals surface area contributed by atoms with Crippen molar-refractivity contribution in [3.8, 4) is 0 Å². The number of ketones is 1. The first-order valence-corrected chi connectivity index (χ1v) is 8.76. The van der Waals surface area contributed by atoms with Crippen LogP contribution in [0.15, 0.2) is 29.2 Å². The number of nitrogens with zero attached hydrogens (tertiary/aromatic N) is 1. The van der Waals surface area contributed by atoms with Gasteiger partial charge in [0.25, 0.3) is 0 Å². The third-order valence-corrected chi connectivity index (χ3v) is 4.72. The van der Waals surface area contributed by atoms with Gasteiger partial charge in [0.1, 0.15) is 0 Å². The summed E-state index contributed by atoms with van der Waals surface area (Å²) in [6.45, 7) is 2.98. The number of amides is 2. The molecule has 1 aromatic rings. The summed E-state index contributed by atoms with van der Waals surface area (Å²) >= 11 is 1.67. The largest absolute Gasteiger partial charge is 0.352 e. The number of carbonyl (C=O) groups excluding carboxylic acids is 2. The molecular formula is C16H23N3O2S. The molecule has 6 heteroatoms. The smallest absolute Gasteiger partial charge is 0.312 e. The van der Waals surface area contributed by atoms with Crippen LogP contribution >= 0.6 is 11.8 Å². The lowest BCUT2D eigenvalue weighted by Crippen LogP contribution is -2.43. The first-order valence-electron chi connectivity index (χ1n) is 7.54. The summed E-state index contributed by atoms with van der Waals surface area (Å²) in [5.74, 6) is 0.266. The molecular weight excluding hydrogens is 298 g/mol. The number of urea groups is 1. The zero-order chi connectivity index (χ0) is 15.9. The number of piperidine rings is 1. The molecule has 120 valence electrons. The Hall–Kier alpha value is -1.53. The Kier molecular flexibility index (Phi) is 6.27. The predicted octanol–water partition coefficient (Wildman–Crippen LogP) is 1.97. The van der Waals surface area contributed by atoms with E-state index in [9.17, 15) is 9.59 Å². The van der Waals surface area contributed by atoms with Crippen molar-refractivity contribution < 1.29 is 9.59 Å². The molecule has 1 unspecified atom stereocenters. The number of rotatable bonds is 6. The zero-order valence-corrected chi connectivity index (χ0v) is 13.7. The summed E-state index contributed by atoms with van der Waals surface area (Å²) in [6, 6.07) is 7.33. The van der Waals surface area contributed by atoms with E-state index in [1.807, 2.05) is 30.5 Å². The topological polar surface area (TPSA) is 75.4 Å². The molecule has 0 aliphatic carbocycles. The molecule has 1 heterocycles. The van der Waals surface area contributed by atoms with E-state index >= 15 is 0 Å². The van der Waals surface area contributed by atoms with E-state index in [4.69, 9.17) is 5.73 Å². The summed E-state index contributed by atoms with van der Waals surface area (Å²) in [5, 5.41) is 2.59. The maximum Gasteiger partial charge on any atom is 0.312 e. The van der Waals surface area contributed by atoms with Crippen LogP contribution in [0.1, 0.15) is 23.2 Å². The van der Waals surface area contributed by atoms with Crippen molar-refractivity contribution in [1.29, 1.82) is 0 Å². The van der Waals surface area contributed by atoms with Crippen LogP contribution in [0.4, 0.5) is 4.79 Å². The number of Topliss-reactive ketones (excluding diaryl/α,β-unsaturated/α-hetero) is 1. The van der Waals surface area contributed by atoms with Gasteiger partial charge in [-0.2, -0.15) is 0 Å². The van der Waals surface area contributed by atoms with Gasteiger partial charge < -0.3 is 16.0 Å². The van der Waals surface area contributed by atoms with Crippen LogP contribution in [-0.4, -0.2) is 49.1 Å². The number of nitrogens with one attached hydrogen (secondary N) is 1. The summed E-state index contributed by atoms with van der Waals surface area (Å²) < 4.78 is 0. The average Bonchev–Trinajstić information content (AvgIpc) is 2.54. The fourth-order valence-electron chi connectivity index (χ4n) is 2.80. The Morgan fingerprint density at radius 3 is 2.73 bits per heavy atom. The Morgan fingerprint density at radius 2 is 2.09 bits per heavy atom. The molecule has 1 saturated heterocycles. The van der Waals surface area contributed by atoms with Crippen molar-refractivity contribution in [3.63, 3.8) is 0 Å². The summed E-state index contributed by atoms with van der Waals surface area (Å²) in [5.41, 5.74) is 5.85. The molecule has 1 aliphatic heterocycles. The molecule has 0 radical (unpaired) electrons. The Morgan fingerprint density at radius 1 is 1.36 bits per heavy atom. The Bertz CT molecular complexity index is 519. The molecule has 1 aliphatic rings. The average molecular weight is 321 g/mol. The van der Waals surface area contributed by atoms with E-state index in [2.05, 4.69) is 10.2 Å². The Balaban J connectivity index is 1.90. The van der Waals surface area contributed by atoms with Crippen molar-refractivity contribution in [1.82, 2.24) is 10.2 Å². The zero-order valence-electron chi connectivity index (χ0n) is 12.9. The second-order valence-electron chi connectivity index (χ2n) is 5.52. The second kappa shape index (κ2) is 8.19. The molecule has 3 N–H and O–H groups in total. The van der Waals surface area contributed by atoms with E-state index in [0.717, 1.165) is 38.0 Å². The van der Waals surface area contributed by atoms with E-state index < -0.39 is 6.03 Å². The third kappa shape index (κ3) is 4.74. The summed E-state index contributed by atoms with van der Waals surface area (Å²) in [7, 11) is 0. The highest BCUT2D eigenvalue weighted by Crippen LogP contribution is 2.22. The van der Waals surface area contributed by atoms with Crippen LogP contribution < -0.4 is 11.1 Å². The predicted molar refractivity (Wildman–Crippen MR) is 89.3 cm³/mol. The molecule has 5 nitrogen and oxygen atoms in total. The first-order chi connectivity index (χ1) is 10.6. The van der Waals surface area contributed by atoms with Crippen molar-refractivity contribution >= 4 is 23.6 Å². The van der Waals surface area contributed by atoms with Gasteiger partial charge in [0.2, 0.25) is 0 Å². The van der Waals surface area contributed by atoms with Crippen molar-refractivity contribution in [2.24, 2.45) is 11.7 Å². The molecule has 1 fully saturated rings. The van der Waals surface area contributed by atoms with Crippen LogP contribution in [0.3, 0.4) is 0 Å². The number of carbonyl (C=O) groups is 2. The lowest BCUT2D eigenvalue weighted by atomic mass is 9.90. The number of benzene rings is 1. The number of likely N-dealkylation sites (tertiary alicyclic amines) is 1. The van der Waals surface area contributed by atoms with Crippen LogP contribution in [0.5, 0.6) is 0 Å². The van der Waals surface area contributed by atoms with Gasteiger partial charge in [0.05, 0.1) is 0 Å². The van der Waals surface area contributed by atoms with Crippen LogP contribution in [0.2, 0.25) is 0 Å². The standard InChI is InChI=1S/C16H23N3O2S/c1-22-14-6-4-12(5-7-14)15(20)13-3-2-9-19(11-13)10-8-18-16(17)21/h4-7,13H,2-3,8-11H2,1H3,(H3,17,18,21). The maximum atomic E-state index is 12.6. The molecule has 0 aromatic heterocycles. The highest BCUT2D eigenvalue weighted by Gasteiger charge is 2.26. The molecule has 0 spiro atoms. The van der Waals surface area contributed by atoms with Gasteiger partial charge in [-0.15, -0.1) is 11.8 Å². The summed E-state index contributed by atoms with van der Waals surface area (Å²) in [4.78, 5) is 26.7. The molecule has 1 atom stereocenters. The molecule has 0 saturated carbocycles. The van der Waals surface area contributed by atoms with Crippen LogP contribution in [0, 0.1) is 5.92 Å². The number of primary amides is 1. The highest BCUT2D eigenvalue weighted by atomic mass is 32.2. The maximum absolute atomic E-state index is 12.6. The van der Waals surface area contributed by atoms with E-state index in [1.165, 1.54) is 4.90 Å². The Labute approximate surface area is 135 Å². The number of hydrogen-bond donors (Lipinski definition) is 2. The number of thioether (sulfide) groups is 1. The fourth-order valence-corrected chi connectivity index (χ4v) is 3.21. The summed E-state index contributed by atoms with van der Waals surface area (Å²) in [6.07, 6.45) is 3.97. The van der Waals surface area contributed by atoms with Gasteiger partial charge in [-0.25, -0.2) is 4.79 Å². The van der Waals surface area contributed by atoms with Gasteiger partial charge in [0.15, 0.2) is 5.78 Å². The van der Waals surface area contributed by atoms with Crippen molar-refractivity contribution in [2.45, 2.75) is 17.7 Å². The molecule has 1 aromatic carbocycles. The highest BCUT2D eigenvalue weighted by molar-refractivity contribution is 7.98. The number of nitrogens with two attached hydrogens (primary N) is 1. The molecule has 22 heavy (non-hydrogen) atoms. The van der Waals surface area contributed by atoms with E-state index in [1.54, 1.807) is 11.8 Å². The molecule has 2 amide bonds. The van der Waals surface area contributed by atoms with Crippen molar-refractivity contribution in [3.05, 3.63) is 29.8 Å². The van der Waals surface area contributed by atoms with Crippen molar-refractivity contribution in [2.75, 3.05) is 32.4 Å². The van der Waals surface area contributed by atoms with Gasteiger partial charge in [0, 0.05) is 36.0 Å². The van der Waals surface area contributed by atoms with Gasteiger partial charge in [-0.1, -0.05) is 12.1 Å². The van der Waals surface area contributed by atoms with Crippen LogP contribution in [-0.2, 0) is 0 Å². The minimum absolute atomic E-state index is 0.0439. The fraction of sp³-hybridized carbons (Fsp3) is 0.500. The second-order valence-corrected chi connectivity index (χ2v) is 6.40. The lowest BCUT2D eigenvalue weighted by molar-refractivity contribution is 0.0821. The monoisotopic (exact) mass is 321 g/mol. The SMILES string of the molecule is CSc1ccc(C(=O)C2CCCN(CCNC(N)=O)C2)cc1. The third-order valence-electron chi connectivity index (χ3n) is 3.98. The molecule has 2 rings (SSSR count). The first kappa shape index (κ1) is 16.8. The van der Waals surface area contributed by atoms with E-state index in [0.29, 0.717) is 6.54 Å². The quantitative estimate of drug-likeness (QED) is 0.620. The number of hydrogen-bond acceptors (Lipinski definition) is 4. The lowest BCUT2D eigenvalue weighted by Gasteiger charge is -2.31.